The van der Waals surface area contributed by atoms with Crippen LogP contribution < -0.4 is 14.8 Å². The fraction of sp³-hybridized carbons (Fsp3) is 0.625. The van der Waals surface area contributed by atoms with Gasteiger partial charge in [0.15, 0.2) is 0 Å². The Morgan fingerprint density at radius 1 is 1.45 bits per heavy atom. The maximum Gasteiger partial charge on any atom is 0.124 e. The molecule has 0 aliphatic carbocycles. The molecular weight excluding hydrogens is 254 g/mol. The van der Waals surface area contributed by atoms with E-state index in [1.54, 1.807) is 0 Å². The first-order valence-electron chi connectivity index (χ1n) is 7.45. The second kappa shape index (κ2) is 6.95. The number of aliphatic hydroxyl groups is 1. The van der Waals surface area contributed by atoms with Gasteiger partial charge in [0, 0.05) is 24.6 Å². The van der Waals surface area contributed by atoms with Gasteiger partial charge in [0.05, 0.1) is 18.8 Å². The maximum atomic E-state index is 9.69. The Hall–Kier alpha value is -1.26. The summed E-state index contributed by atoms with van der Waals surface area (Å²) in [5, 5.41) is 13.1. The molecule has 0 bridgehead atoms. The molecule has 4 heteroatoms. The summed E-state index contributed by atoms with van der Waals surface area (Å²) >= 11 is 0. The van der Waals surface area contributed by atoms with E-state index in [-0.39, 0.29) is 18.2 Å². The van der Waals surface area contributed by atoms with Crippen molar-refractivity contribution in [1.29, 1.82) is 0 Å². The highest BCUT2D eigenvalue weighted by atomic mass is 16.5. The minimum atomic E-state index is -0.295. The van der Waals surface area contributed by atoms with Crippen LogP contribution in [0, 0.1) is 0 Å². The SMILES string of the molecule is CCC(O)CN[C@H]1CCOc2ccc(OC(C)C)cc21. The quantitative estimate of drug-likeness (QED) is 0.840. The van der Waals surface area contributed by atoms with Gasteiger partial charge in [-0.1, -0.05) is 6.92 Å². The largest absolute Gasteiger partial charge is 0.493 e. The smallest absolute Gasteiger partial charge is 0.124 e. The van der Waals surface area contributed by atoms with Crippen molar-refractivity contribution in [2.24, 2.45) is 0 Å². The molecule has 1 unspecified atom stereocenters. The Kier molecular flexibility index (Phi) is 5.26. The lowest BCUT2D eigenvalue weighted by atomic mass is 10.00. The molecule has 1 aliphatic rings. The molecule has 1 aromatic rings. The molecule has 0 saturated carbocycles. The van der Waals surface area contributed by atoms with Gasteiger partial charge >= 0.3 is 0 Å². The maximum absolute atomic E-state index is 9.69. The molecule has 1 aliphatic heterocycles. The summed E-state index contributed by atoms with van der Waals surface area (Å²) in [6.45, 7) is 7.33. The Labute approximate surface area is 121 Å². The first-order valence-corrected chi connectivity index (χ1v) is 7.45. The van der Waals surface area contributed by atoms with E-state index < -0.39 is 0 Å². The normalized spacial score (nSPS) is 19.4. The van der Waals surface area contributed by atoms with Crippen LogP contribution in [0.4, 0.5) is 0 Å². The molecule has 0 fully saturated rings. The summed E-state index contributed by atoms with van der Waals surface area (Å²) in [5.74, 6) is 1.78. The number of hydrogen-bond acceptors (Lipinski definition) is 4. The number of fused-ring (bicyclic) bond motifs is 1. The lowest BCUT2D eigenvalue weighted by molar-refractivity contribution is 0.156. The first kappa shape index (κ1) is 15.1. The summed E-state index contributed by atoms with van der Waals surface area (Å²) in [6, 6.07) is 6.18. The van der Waals surface area contributed by atoms with Crippen molar-refractivity contribution in [3.8, 4) is 11.5 Å². The monoisotopic (exact) mass is 279 g/mol. The van der Waals surface area contributed by atoms with Crippen LogP contribution in [-0.2, 0) is 0 Å². The van der Waals surface area contributed by atoms with Crippen molar-refractivity contribution in [3.05, 3.63) is 23.8 Å². The van der Waals surface area contributed by atoms with Crippen molar-refractivity contribution in [2.75, 3.05) is 13.2 Å². The van der Waals surface area contributed by atoms with Gasteiger partial charge < -0.3 is 19.9 Å². The van der Waals surface area contributed by atoms with Gasteiger partial charge in [-0.25, -0.2) is 0 Å². The van der Waals surface area contributed by atoms with Crippen LogP contribution in [0.2, 0.25) is 0 Å². The molecule has 20 heavy (non-hydrogen) atoms. The van der Waals surface area contributed by atoms with E-state index in [1.807, 2.05) is 39.0 Å². The zero-order valence-electron chi connectivity index (χ0n) is 12.6. The summed E-state index contributed by atoms with van der Waals surface area (Å²) in [5.41, 5.74) is 1.12. The second-order valence-electron chi connectivity index (χ2n) is 5.53. The average molecular weight is 279 g/mol. The van der Waals surface area contributed by atoms with Gasteiger partial charge in [-0.2, -0.15) is 0 Å². The standard InChI is InChI=1S/C16H25NO3/c1-4-12(18)10-17-15-7-8-19-16-6-5-13(9-14(15)16)20-11(2)3/h5-6,9,11-12,15,17-18H,4,7-8,10H2,1-3H3/t12?,15-/m0/s1. The zero-order chi connectivity index (χ0) is 14.5. The van der Waals surface area contributed by atoms with Gasteiger partial charge in [0.2, 0.25) is 0 Å². The summed E-state index contributed by atoms with van der Waals surface area (Å²) in [4.78, 5) is 0. The van der Waals surface area contributed by atoms with E-state index in [0.717, 1.165) is 29.9 Å². The van der Waals surface area contributed by atoms with Gasteiger partial charge in [0.1, 0.15) is 11.5 Å². The van der Waals surface area contributed by atoms with Crippen molar-refractivity contribution in [2.45, 2.75) is 51.9 Å². The molecule has 0 amide bonds. The lowest BCUT2D eigenvalue weighted by Crippen LogP contribution is -2.33. The number of rotatable bonds is 6. The van der Waals surface area contributed by atoms with Gasteiger partial charge in [0.25, 0.3) is 0 Å². The van der Waals surface area contributed by atoms with Crippen LogP contribution in [0.3, 0.4) is 0 Å². The van der Waals surface area contributed by atoms with Crippen LogP contribution in [0.25, 0.3) is 0 Å². The Morgan fingerprint density at radius 2 is 2.25 bits per heavy atom. The predicted octanol–water partition coefficient (Wildman–Crippen LogP) is 2.66. The van der Waals surface area contributed by atoms with E-state index in [1.165, 1.54) is 0 Å². The fourth-order valence-corrected chi connectivity index (χ4v) is 2.35. The molecule has 0 spiro atoms. The zero-order valence-corrected chi connectivity index (χ0v) is 12.6. The third kappa shape index (κ3) is 3.87. The van der Waals surface area contributed by atoms with Crippen molar-refractivity contribution >= 4 is 0 Å². The summed E-state index contributed by atoms with van der Waals surface area (Å²) < 4.78 is 11.4. The molecule has 0 radical (unpaired) electrons. The van der Waals surface area contributed by atoms with E-state index >= 15 is 0 Å². The van der Waals surface area contributed by atoms with E-state index in [4.69, 9.17) is 9.47 Å². The number of hydrogen-bond donors (Lipinski definition) is 2. The third-order valence-electron chi connectivity index (χ3n) is 3.46. The minimum Gasteiger partial charge on any atom is -0.493 e. The highest BCUT2D eigenvalue weighted by Gasteiger charge is 2.22. The predicted molar refractivity (Wildman–Crippen MR) is 79.4 cm³/mol. The minimum absolute atomic E-state index is 0.158. The molecule has 4 nitrogen and oxygen atoms in total. The Morgan fingerprint density at radius 3 is 2.95 bits per heavy atom. The molecular formula is C16H25NO3. The molecule has 2 rings (SSSR count). The molecule has 1 heterocycles. The number of ether oxygens (including phenoxy) is 2. The topological polar surface area (TPSA) is 50.7 Å². The van der Waals surface area contributed by atoms with Crippen molar-refractivity contribution < 1.29 is 14.6 Å². The fourth-order valence-electron chi connectivity index (χ4n) is 2.35. The highest BCUT2D eigenvalue weighted by molar-refractivity contribution is 5.43. The second-order valence-corrected chi connectivity index (χ2v) is 5.53. The van der Waals surface area contributed by atoms with E-state index in [2.05, 4.69) is 5.32 Å². The molecule has 1 aromatic carbocycles. The van der Waals surface area contributed by atoms with Crippen molar-refractivity contribution in [3.63, 3.8) is 0 Å². The van der Waals surface area contributed by atoms with Crippen molar-refractivity contribution in [1.82, 2.24) is 5.32 Å². The van der Waals surface area contributed by atoms with Gasteiger partial charge in [-0.15, -0.1) is 0 Å². The molecule has 2 atom stereocenters. The molecule has 2 N–H and O–H groups in total. The first-order chi connectivity index (χ1) is 9.60. The molecule has 0 saturated heterocycles. The van der Waals surface area contributed by atoms with E-state index in [0.29, 0.717) is 13.2 Å². The lowest BCUT2D eigenvalue weighted by Gasteiger charge is -2.28. The summed E-state index contributed by atoms with van der Waals surface area (Å²) in [7, 11) is 0. The van der Waals surface area contributed by atoms with Crippen LogP contribution in [0.5, 0.6) is 11.5 Å². The van der Waals surface area contributed by atoms with Gasteiger partial charge in [-0.05, 0) is 38.5 Å². The number of aliphatic hydroxyl groups excluding tert-OH is 1. The van der Waals surface area contributed by atoms with Crippen LogP contribution in [0.1, 0.15) is 45.2 Å². The van der Waals surface area contributed by atoms with Crippen LogP contribution in [-0.4, -0.2) is 30.5 Å². The Balaban J connectivity index is 2.11. The average Bonchev–Trinajstić information content (AvgIpc) is 2.44. The highest BCUT2D eigenvalue weighted by Crippen LogP contribution is 2.35. The molecule has 0 aromatic heterocycles. The summed E-state index contributed by atoms with van der Waals surface area (Å²) in [6.07, 6.45) is 1.54. The number of nitrogens with one attached hydrogen (secondary N) is 1. The molecule has 112 valence electrons. The van der Waals surface area contributed by atoms with Crippen LogP contribution in [0.15, 0.2) is 18.2 Å². The number of benzene rings is 1. The van der Waals surface area contributed by atoms with Crippen LogP contribution >= 0.6 is 0 Å². The van der Waals surface area contributed by atoms with E-state index in [9.17, 15) is 5.11 Å². The third-order valence-corrected chi connectivity index (χ3v) is 3.46. The van der Waals surface area contributed by atoms with Gasteiger partial charge in [-0.3, -0.25) is 0 Å². The Bertz CT molecular complexity index is 434.